The largest absolute Gasteiger partial charge is 0.298 e. The van der Waals surface area contributed by atoms with Gasteiger partial charge in [-0.15, -0.1) is 0 Å². The molecule has 0 N–H and O–H groups in total. The van der Waals surface area contributed by atoms with Gasteiger partial charge in [0.05, 0.1) is 0 Å². The zero-order chi connectivity index (χ0) is 17.0. The van der Waals surface area contributed by atoms with Crippen LogP contribution < -0.4 is 0 Å². The van der Waals surface area contributed by atoms with Gasteiger partial charge in [0.2, 0.25) is 11.8 Å². The van der Waals surface area contributed by atoms with Crippen molar-refractivity contribution in [3.63, 3.8) is 0 Å². The molecule has 0 spiro atoms. The van der Waals surface area contributed by atoms with Crippen molar-refractivity contribution in [1.29, 1.82) is 0 Å². The van der Waals surface area contributed by atoms with Crippen LogP contribution in [0, 0.1) is 0 Å². The summed E-state index contributed by atoms with van der Waals surface area (Å²) in [5.41, 5.74) is 0.556. The summed E-state index contributed by atoms with van der Waals surface area (Å²) in [5.74, 6) is -1.29. The molecule has 2 amide bonds. The topological polar surface area (TPSA) is 83.9 Å². The van der Waals surface area contributed by atoms with Gasteiger partial charge in [-0.05, 0) is 6.92 Å². The summed E-state index contributed by atoms with van der Waals surface area (Å²) in [6.07, 6.45) is 0.0951. The van der Waals surface area contributed by atoms with E-state index in [-0.39, 0.29) is 29.7 Å². The summed E-state index contributed by atoms with van der Waals surface area (Å²) in [4.78, 5) is 52.1. The maximum Gasteiger partial charge on any atom is 0.249 e. The minimum Gasteiger partial charge on any atom is -0.298 e. The van der Waals surface area contributed by atoms with Crippen molar-refractivity contribution in [2.45, 2.75) is 25.5 Å². The number of hydrogen-bond acceptors (Lipinski definition) is 5. The van der Waals surface area contributed by atoms with Gasteiger partial charge in [0.1, 0.15) is 5.25 Å². The molecule has 6 nitrogen and oxygen atoms in total. The van der Waals surface area contributed by atoms with Crippen molar-refractivity contribution in [2.24, 2.45) is 4.99 Å². The summed E-state index contributed by atoms with van der Waals surface area (Å²) in [6.45, 7) is 2.68. The van der Waals surface area contributed by atoms with Crippen LogP contribution in [0.1, 0.15) is 30.6 Å². The molecule has 120 valence electrons. The number of aliphatic imine (C=N–C) groups is 1. The lowest BCUT2D eigenvalue weighted by Gasteiger charge is -2.15. The number of Topliss-reactive ketones (excluding diaryl/α,β-unsaturated/α-hetero) is 2. The lowest BCUT2D eigenvalue weighted by Crippen LogP contribution is -2.36. The third kappa shape index (κ3) is 4.13. The third-order valence-electron chi connectivity index (χ3n) is 3.23. The van der Waals surface area contributed by atoms with Crippen molar-refractivity contribution in [2.75, 3.05) is 6.54 Å². The second-order valence-electron chi connectivity index (χ2n) is 5.05. The van der Waals surface area contributed by atoms with Crippen molar-refractivity contribution in [3.8, 4) is 0 Å². The summed E-state index contributed by atoms with van der Waals surface area (Å²) in [7, 11) is 0. The summed E-state index contributed by atoms with van der Waals surface area (Å²) in [5, 5.41) is -0.705. The first-order valence-corrected chi connectivity index (χ1v) is 7.94. The van der Waals surface area contributed by atoms with Crippen LogP contribution in [0.15, 0.2) is 35.3 Å². The number of rotatable bonds is 5. The number of amides is 2. The smallest absolute Gasteiger partial charge is 0.249 e. The lowest BCUT2D eigenvalue weighted by atomic mass is 10.1. The van der Waals surface area contributed by atoms with Crippen molar-refractivity contribution >= 4 is 40.3 Å². The van der Waals surface area contributed by atoms with E-state index in [9.17, 15) is 19.2 Å². The Morgan fingerprint density at radius 3 is 2.39 bits per heavy atom. The molecule has 1 aliphatic heterocycles. The molecule has 1 aromatic rings. The first-order chi connectivity index (χ1) is 10.9. The number of ketones is 2. The lowest BCUT2D eigenvalue weighted by molar-refractivity contribution is -0.130. The van der Waals surface area contributed by atoms with Crippen molar-refractivity contribution < 1.29 is 19.2 Å². The van der Waals surface area contributed by atoms with Gasteiger partial charge in [0, 0.05) is 25.5 Å². The maximum atomic E-state index is 12.3. The number of benzene rings is 1. The van der Waals surface area contributed by atoms with E-state index in [2.05, 4.69) is 4.99 Å². The standard InChI is InChI=1S/C16H16N2O4S/c1-10(19)14-15(22)18(16(23-14)17-11(2)20)9-8-13(21)12-6-4-3-5-7-12/h3-7,14H,8-9H2,1-2H3. The maximum absolute atomic E-state index is 12.3. The second kappa shape index (κ2) is 7.32. The molecule has 1 saturated heterocycles. The van der Waals surface area contributed by atoms with Crippen LogP contribution in [-0.4, -0.2) is 45.2 Å². The third-order valence-corrected chi connectivity index (χ3v) is 4.52. The first kappa shape index (κ1) is 17.1. The molecule has 7 heteroatoms. The number of thioether (sulfide) groups is 1. The molecular weight excluding hydrogens is 316 g/mol. The van der Waals surface area contributed by atoms with E-state index < -0.39 is 17.1 Å². The Balaban J connectivity index is 2.12. The molecule has 0 aliphatic carbocycles. The van der Waals surface area contributed by atoms with E-state index in [1.54, 1.807) is 24.3 Å². The zero-order valence-corrected chi connectivity index (χ0v) is 13.6. The van der Waals surface area contributed by atoms with Gasteiger partial charge in [0.15, 0.2) is 16.7 Å². The van der Waals surface area contributed by atoms with Crippen LogP contribution in [0.25, 0.3) is 0 Å². The van der Waals surface area contributed by atoms with Crippen LogP contribution in [0.5, 0.6) is 0 Å². The predicted octanol–water partition coefficient (Wildman–Crippen LogP) is 1.69. The highest BCUT2D eigenvalue weighted by Gasteiger charge is 2.40. The number of amidine groups is 1. The zero-order valence-electron chi connectivity index (χ0n) is 12.8. The Morgan fingerprint density at radius 2 is 1.83 bits per heavy atom. The molecule has 1 fully saturated rings. The Hall–Kier alpha value is -2.28. The van der Waals surface area contributed by atoms with E-state index in [4.69, 9.17) is 0 Å². The second-order valence-corrected chi connectivity index (χ2v) is 6.12. The fourth-order valence-corrected chi connectivity index (χ4v) is 3.22. The van der Waals surface area contributed by atoms with E-state index in [1.165, 1.54) is 18.7 Å². The summed E-state index contributed by atoms with van der Waals surface area (Å²) in [6, 6.07) is 8.74. The quantitative estimate of drug-likeness (QED) is 0.605. The Kier molecular flexibility index (Phi) is 5.44. The van der Waals surface area contributed by atoms with E-state index in [0.717, 1.165) is 11.8 Å². The molecule has 0 bridgehead atoms. The Bertz CT molecular complexity index is 685. The van der Waals surface area contributed by atoms with Gasteiger partial charge < -0.3 is 0 Å². The van der Waals surface area contributed by atoms with Gasteiger partial charge in [-0.1, -0.05) is 42.1 Å². The van der Waals surface area contributed by atoms with Gasteiger partial charge in [-0.2, -0.15) is 4.99 Å². The SMILES string of the molecule is CC(=O)N=C1SC(C(C)=O)C(=O)N1CCC(=O)c1ccccc1. The molecule has 2 rings (SSSR count). The van der Waals surface area contributed by atoms with E-state index in [1.807, 2.05) is 6.07 Å². The molecular formula is C16H16N2O4S. The summed E-state index contributed by atoms with van der Waals surface area (Å²) >= 11 is 0.955. The monoisotopic (exact) mass is 332 g/mol. The van der Waals surface area contributed by atoms with Crippen LogP contribution in [0.4, 0.5) is 0 Å². The molecule has 0 saturated carbocycles. The highest BCUT2D eigenvalue weighted by atomic mass is 32.2. The summed E-state index contributed by atoms with van der Waals surface area (Å²) < 4.78 is 0. The van der Waals surface area contributed by atoms with Crippen molar-refractivity contribution in [1.82, 2.24) is 4.90 Å². The predicted molar refractivity (Wildman–Crippen MR) is 87.3 cm³/mol. The molecule has 1 aromatic carbocycles. The average Bonchev–Trinajstić information content (AvgIpc) is 2.81. The van der Waals surface area contributed by atoms with Crippen LogP contribution in [0.3, 0.4) is 0 Å². The number of carbonyl (C=O) groups is 4. The van der Waals surface area contributed by atoms with E-state index >= 15 is 0 Å². The van der Waals surface area contributed by atoms with Gasteiger partial charge in [0.25, 0.3) is 0 Å². The van der Waals surface area contributed by atoms with Gasteiger partial charge in [-0.25, -0.2) is 0 Å². The highest BCUT2D eigenvalue weighted by molar-refractivity contribution is 8.16. The Morgan fingerprint density at radius 1 is 1.17 bits per heavy atom. The number of hydrogen-bond donors (Lipinski definition) is 0. The van der Waals surface area contributed by atoms with Gasteiger partial charge in [-0.3, -0.25) is 24.1 Å². The van der Waals surface area contributed by atoms with Crippen LogP contribution in [0.2, 0.25) is 0 Å². The number of nitrogens with zero attached hydrogens (tertiary/aromatic N) is 2. The van der Waals surface area contributed by atoms with Crippen LogP contribution in [-0.2, 0) is 14.4 Å². The fraction of sp³-hybridized carbons (Fsp3) is 0.312. The molecule has 1 heterocycles. The normalized spacial score (nSPS) is 19.2. The first-order valence-electron chi connectivity index (χ1n) is 7.06. The molecule has 1 unspecified atom stereocenters. The Labute approximate surface area is 137 Å². The molecule has 23 heavy (non-hydrogen) atoms. The minimum absolute atomic E-state index is 0.0927. The molecule has 0 aromatic heterocycles. The van der Waals surface area contributed by atoms with E-state index in [0.29, 0.717) is 5.56 Å². The molecule has 0 radical (unpaired) electrons. The van der Waals surface area contributed by atoms with Crippen molar-refractivity contribution in [3.05, 3.63) is 35.9 Å². The fourth-order valence-electron chi connectivity index (χ4n) is 2.12. The number of carbonyl (C=O) groups excluding carboxylic acids is 4. The molecule has 1 atom stereocenters. The van der Waals surface area contributed by atoms with Crippen LogP contribution >= 0.6 is 11.8 Å². The molecule has 1 aliphatic rings. The minimum atomic E-state index is -0.889. The average molecular weight is 332 g/mol. The highest BCUT2D eigenvalue weighted by Crippen LogP contribution is 2.28. The van der Waals surface area contributed by atoms with Gasteiger partial charge >= 0.3 is 0 Å².